The van der Waals surface area contributed by atoms with E-state index in [9.17, 15) is 9.90 Å². The van der Waals surface area contributed by atoms with Gasteiger partial charge in [0.2, 0.25) is 5.91 Å². The van der Waals surface area contributed by atoms with Gasteiger partial charge in [-0.3, -0.25) is 4.79 Å². The molecule has 1 aromatic carbocycles. The molecule has 0 aromatic heterocycles. The van der Waals surface area contributed by atoms with E-state index in [1.807, 2.05) is 25.1 Å². The zero-order chi connectivity index (χ0) is 12.4. The van der Waals surface area contributed by atoms with Gasteiger partial charge in [-0.2, -0.15) is 0 Å². The van der Waals surface area contributed by atoms with Crippen LogP contribution in [0, 0.1) is 0 Å². The number of hydrogen-bond acceptors (Lipinski definition) is 2. The van der Waals surface area contributed by atoms with Gasteiger partial charge in [0.1, 0.15) is 5.38 Å². The monoisotopic (exact) mass is 253 g/mol. The van der Waals surface area contributed by atoms with Gasteiger partial charge >= 0.3 is 0 Å². The van der Waals surface area contributed by atoms with E-state index in [4.69, 9.17) is 11.6 Å². The summed E-state index contributed by atoms with van der Waals surface area (Å²) in [5.41, 5.74) is 2.88. The third kappa shape index (κ3) is 2.17. The number of nitrogens with zero attached hydrogens (tertiary/aromatic N) is 1. The Labute approximate surface area is 106 Å². The highest BCUT2D eigenvalue weighted by Crippen LogP contribution is 2.31. The second-order valence-electron chi connectivity index (χ2n) is 4.19. The maximum Gasteiger partial charge on any atom is 0.245 e. The molecule has 0 aliphatic carbocycles. The molecule has 1 amide bonds. The highest BCUT2D eigenvalue weighted by molar-refractivity contribution is 6.32. The molecule has 0 saturated heterocycles. The zero-order valence-electron chi connectivity index (χ0n) is 9.82. The van der Waals surface area contributed by atoms with E-state index in [1.54, 1.807) is 4.90 Å². The highest BCUT2D eigenvalue weighted by Gasteiger charge is 2.29. The first-order valence-electron chi connectivity index (χ1n) is 5.86. The quantitative estimate of drug-likeness (QED) is 0.838. The number of anilines is 1. The van der Waals surface area contributed by atoms with E-state index in [0.717, 1.165) is 23.2 Å². The molecule has 1 N–H and O–H groups in total. The summed E-state index contributed by atoms with van der Waals surface area (Å²) in [6.45, 7) is 2.58. The summed E-state index contributed by atoms with van der Waals surface area (Å²) in [7, 11) is 0. The van der Waals surface area contributed by atoms with E-state index < -0.39 is 5.38 Å². The van der Waals surface area contributed by atoms with Gasteiger partial charge in [0.15, 0.2) is 0 Å². The number of benzene rings is 1. The average Bonchev–Trinajstić information content (AvgIpc) is 2.80. The molecule has 4 heteroatoms. The van der Waals surface area contributed by atoms with Crippen molar-refractivity contribution in [1.82, 2.24) is 0 Å². The molecule has 17 heavy (non-hydrogen) atoms. The molecule has 92 valence electrons. The second kappa shape index (κ2) is 5.07. The average molecular weight is 254 g/mol. The summed E-state index contributed by atoms with van der Waals surface area (Å²) >= 11 is 6.00. The van der Waals surface area contributed by atoms with Gasteiger partial charge in [0, 0.05) is 12.2 Å². The number of carbonyl (C=O) groups is 1. The smallest absolute Gasteiger partial charge is 0.245 e. The Morgan fingerprint density at radius 2 is 2.35 bits per heavy atom. The van der Waals surface area contributed by atoms with Crippen LogP contribution in [0.1, 0.15) is 24.5 Å². The first-order valence-corrected chi connectivity index (χ1v) is 6.29. The summed E-state index contributed by atoms with van der Waals surface area (Å²) in [6, 6.07) is 5.68. The van der Waals surface area contributed by atoms with Crippen LogP contribution in [0.3, 0.4) is 0 Å². The van der Waals surface area contributed by atoms with Crippen LogP contribution >= 0.6 is 11.6 Å². The summed E-state index contributed by atoms with van der Waals surface area (Å²) in [6.07, 6.45) is 1.43. The van der Waals surface area contributed by atoms with E-state index >= 15 is 0 Å². The van der Waals surface area contributed by atoms with Crippen molar-refractivity contribution in [3.63, 3.8) is 0 Å². The number of fused-ring (bicyclic) bond motifs is 1. The van der Waals surface area contributed by atoms with E-state index in [1.165, 1.54) is 0 Å². The first kappa shape index (κ1) is 12.4. The molecule has 3 nitrogen and oxygen atoms in total. The first-order chi connectivity index (χ1) is 8.19. The predicted molar refractivity (Wildman–Crippen MR) is 68.4 cm³/mol. The van der Waals surface area contributed by atoms with Crippen LogP contribution in [0.25, 0.3) is 0 Å². The molecule has 1 atom stereocenters. The Hall–Kier alpha value is -1.06. The lowest BCUT2D eigenvalue weighted by atomic mass is 10.1. The van der Waals surface area contributed by atoms with Gasteiger partial charge in [0.05, 0.1) is 6.61 Å². The van der Waals surface area contributed by atoms with Crippen molar-refractivity contribution >= 4 is 23.2 Å². The van der Waals surface area contributed by atoms with Crippen LogP contribution in [0.15, 0.2) is 18.2 Å². The maximum absolute atomic E-state index is 12.1. The van der Waals surface area contributed by atoms with Crippen LogP contribution in [-0.2, 0) is 17.8 Å². The molecule has 1 aliphatic rings. The standard InChI is InChI=1S/C13H16ClNO2/c1-2-11(14)13(17)15-7-6-10-9(8-16)4-3-5-12(10)15/h3-5,11,16H,2,6-8H2,1H3. The lowest BCUT2D eigenvalue weighted by Gasteiger charge is -2.20. The van der Waals surface area contributed by atoms with Crippen molar-refractivity contribution in [1.29, 1.82) is 0 Å². The van der Waals surface area contributed by atoms with Crippen molar-refractivity contribution in [3.8, 4) is 0 Å². The van der Waals surface area contributed by atoms with E-state index in [-0.39, 0.29) is 12.5 Å². The topological polar surface area (TPSA) is 40.5 Å². The Morgan fingerprint density at radius 3 is 3.00 bits per heavy atom. The molecule has 1 aliphatic heterocycles. The molecular formula is C13H16ClNO2. The van der Waals surface area contributed by atoms with Crippen molar-refractivity contribution in [3.05, 3.63) is 29.3 Å². The number of halogens is 1. The molecule has 0 fully saturated rings. The SMILES string of the molecule is CCC(Cl)C(=O)N1CCc2c(CO)cccc21. The van der Waals surface area contributed by atoms with Gasteiger partial charge < -0.3 is 10.0 Å². The highest BCUT2D eigenvalue weighted by atomic mass is 35.5. The van der Waals surface area contributed by atoms with E-state index in [0.29, 0.717) is 13.0 Å². The number of hydrogen-bond donors (Lipinski definition) is 1. The molecule has 1 unspecified atom stereocenters. The molecule has 0 saturated carbocycles. The lowest BCUT2D eigenvalue weighted by molar-refractivity contribution is -0.118. The number of aliphatic hydroxyl groups excluding tert-OH is 1. The number of amides is 1. The molecule has 2 rings (SSSR count). The fourth-order valence-electron chi connectivity index (χ4n) is 2.23. The molecule has 0 bridgehead atoms. The minimum Gasteiger partial charge on any atom is -0.392 e. The Balaban J connectivity index is 2.31. The van der Waals surface area contributed by atoms with Crippen LogP contribution in [0.2, 0.25) is 0 Å². The van der Waals surface area contributed by atoms with Gasteiger partial charge in [-0.25, -0.2) is 0 Å². The van der Waals surface area contributed by atoms with Gasteiger partial charge in [-0.15, -0.1) is 11.6 Å². The third-order valence-corrected chi connectivity index (χ3v) is 3.68. The Kier molecular flexibility index (Phi) is 3.69. The lowest BCUT2D eigenvalue weighted by Crippen LogP contribution is -2.35. The molecule has 0 spiro atoms. The molecular weight excluding hydrogens is 238 g/mol. The minimum absolute atomic E-state index is 0.0171. The fraction of sp³-hybridized carbons (Fsp3) is 0.462. The maximum atomic E-state index is 12.1. The van der Waals surface area contributed by atoms with Crippen LogP contribution in [-0.4, -0.2) is 22.9 Å². The summed E-state index contributed by atoms with van der Waals surface area (Å²) in [5, 5.41) is 8.79. The number of carbonyl (C=O) groups excluding carboxylic acids is 1. The largest absolute Gasteiger partial charge is 0.392 e. The molecule has 0 radical (unpaired) electrons. The van der Waals surface area contributed by atoms with Crippen molar-refractivity contribution in [2.24, 2.45) is 0 Å². The molecule has 1 heterocycles. The number of aliphatic hydroxyl groups is 1. The van der Waals surface area contributed by atoms with E-state index in [2.05, 4.69) is 0 Å². The Bertz CT molecular complexity index is 433. The predicted octanol–water partition coefficient (Wildman–Crippen LogP) is 2.09. The zero-order valence-corrected chi connectivity index (χ0v) is 10.6. The normalized spacial score (nSPS) is 15.8. The van der Waals surface area contributed by atoms with Crippen LogP contribution in [0.4, 0.5) is 5.69 Å². The summed E-state index contributed by atoms with van der Waals surface area (Å²) < 4.78 is 0. The van der Waals surface area contributed by atoms with Crippen LogP contribution < -0.4 is 4.90 Å². The van der Waals surface area contributed by atoms with Crippen LogP contribution in [0.5, 0.6) is 0 Å². The summed E-state index contributed by atoms with van der Waals surface area (Å²) in [5.74, 6) is -0.0389. The number of alkyl halides is 1. The second-order valence-corrected chi connectivity index (χ2v) is 4.72. The van der Waals surface area contributed by atoms with Crippen molar-refractivity contribution in [2.75, 3.05) is 11.4 Å². The van der Waals surface area contributed by atoms with Gasteiger partial charge in [-0.1, -0.05) is 19.1 Å². The minimum atomic E-state index is -0.460. The Morgan fingerprint density at radius 1 is 1.59 bits per heavy atom. The molecule has 1 aromatic rings. The van der Waals surface area contributed by atoms with Crippen molar-refractivity contribution < 1.29 is 9.90 Å². The summed E-state index contributed by atoms with van der Waals surface area (Å²) in [4.78, 5) is 13.8. The van der Waals surface area contributed by atoms with Gasteiger partial charge in [0.25, 0.3) is 0 Å². The number of rotatable bonds is 3. The van der Waals surface area contributed by atoms with Crippen molar-refractivity contribution in [2.45, 2.75) is 31.7 Å². The third-order valence-electron chi connectivity index (χ3n) is 3.19. The fourth-order valence-corrected chi connectivity index (χ4v) is 2.35. The van der Waals surface area contributed by atoms with Gasteiger partial charge in [-0.05, 0) is 30.0 Å².